The van der Waals surface area contributed by atoms with Crippen LogP contribution < -0.4 is 4.74 Å². The maximum Gasteiger partial charge on any atom is 0.354 e. The van der Waals surface area contributed by atoms with Gasteiger partial charge in [0.15, 0.2) is 0 Å². The summed E-state index contributed by atoms with van der Waals surface area (Å²) in [6.45, 7) is 1.93. The fourth-order valence-electron chi connectivity index (χ4n) is 1.38. The van der Waals surface area contributed by atoms with E-state index < -0.39 is 5.97 Å². The number of halogens is 1. The van der Waals surface area contributed by atoms with Crippen LogP contribution in [0.2, 0.25) is 5.02 Å². The quantitative estimate of drug-likeness (QED) is 0.920. The number of aromatic nitrogens is 1. The minimum atomic E-state index is -1.07. The normalized spacial score (nSPS) is 10.1. The lowest BCUT2D eigenvalue weighted by atomic mass is 10.2. The summed E-state index contributed by atoms with van der Waals surface area (Å²) in [6, 6.07) is 8.32. The van der Waals surface area contributed by atoms with E-state index in [1.54, 1.807) is 12.1 Å². The van der Waals surface area contributed by atoms with Crippen molar-refractivity contribution in [1.29, 1.82) is 0 Å². The summed E-state index contributed by atoms with van der Waals surface area (Å²) in [5.41, 5.74) is 1.00. The first-order valence-electron chi connectivity index (χ1n) is 5.19. The molecule has 1 heterocycles. The first-order valence-corrected chi connectivity index (χ1v) is 5.57. The van der Waals surface area contributed by atoms with Crippen LogP contribution in [0, 0.1) is 6.92 Å². The van der Waals surface area contributed by atoms with Gasteiger partial charge < -0.3 is 9.84 Å². The van der Waals surface area contributed by atoms with Crippen molar-refractivity contribution < 1.29 is 14.6 Å². The van der Waals surface area contributed by atoms with E-state index in [4.69, 9.17) is 21.4 Å². The standard InChI is InChI=1S/C13H10ClNO3/c1-8-2-5-12(10(14)6-8)18-9-3-4-11(13(16)17)15-7-9/h2-7H,1H3,(H,16,17). The molecule has 0 aliphatic heterocycles. The summed E-state index contributed by atoms with van der Waals surface area (Å²) in [4.78, 5) is 14.4. The van der Waals surface area contributed by atoms with Gasteiger partial charge in [0.05, 0.1) is 11.2 Å². The van der Waals surface area contributed by atoms with E-state index >= 15 is 0 Å². The number of carbonyl (C=O) groups is 1. The molecule has 1 N–H and O–H groups in total. The molecule has 18 heavy (non-hydrogen) atoms. The fourth-order valence-corrected chi connectivity index (χ4v) is 1.66. The van der Waals surface area contributed by atoms with Gasteiger partial charge in [-0.15, -0.1) is 0 Å². The number of aromatic carboxylic acids is 1. The molecule has 0 aliphatic rings. The number of hydrogen-bond donors (Lipinski definition) is 1. The summed E-state index contributed by atoms with van der Waals surface area (Å²) in [5, 5.41) is 9.21. The highest BCUT2D eigenvalue weighted by molar-refractivity contribution is 6.32. The maximum atomic E-state index is 10.6. The molecule has 0 saturated carbocycles. The van der Waals surface area contributed by atoms with Gasteiger partial charge in [0.1, 0.15) is 17.2 Å². The zero-order chi connectivity index (χ0) is 13.1. The van der Waals surface area contributed by atoms with E-state index in [-0.39, 0.29) is 5.69 Å². The Hall–Kier alpha value is -2.07. The van der Waals surface area contributed by atoms with E-state index in [1.807, 2.05) is 13.0 Å². The third kappa shape index (κ3) is 2.78. The molecule has 1 aromatic heterocycles. The third-order valence-electron chi connectivity index (χ3n) is 2.27. The highest BCUT2D eigenvalue weighted by atomic mass is 35.5. The number of ether oxygens (including phenoxy) is 1. The second kappa shape index (κ2) is 5.06. The van der Waals surface area contributed by atoms with Crippen molar-refractivity contribution in [3.05, 3.63) is 52.8 Å². The van der Waals surface area contributed by atoms with Gasteiger partial charge in [-0.1, -0.05) is 17.7 Å². The lowest BCUT2D eigenvalue weighted by Gasteiger charge is -2.07. The fraction of sp³-hybridized carbons (Fsp3) is 0.0769. The second-order valence-corrected chi connectivity index (χ2v) is 4.13. The second-order valence-electron chi connectivity index (χ2n) is 3.72. The molecule has 0 unspecified atom stereocenters. The minimum Gasteiger partial charge on any atom is -0.477 e. The van der Waals surface area contributed by atoms with Crippen molar-refractivity contribution in [3.63, 3.8) is 0 Å². The van der Waals surface area contributed by atoms with Crippen LogP contribution >= 0.6 is 11.6 Å². The van der Waals surface area contributed by atoms with E-state index in [1.165, 1.54) is 18.3 Å². The van der Waals surface area contributed by atoms with Gasteiger partial charge in [0.25, 0.3) is 0 Å². The topological polar surface area (TPSA) is 59.4 Å². The van der Waals surface area contributed by atoms with Gasteiger partial charge in [-0.05, 0) is 36.8 Å². The molecule has 92 valence electrons. The summed E-state index contributed by atoms with van der Waals surface area (Å²) < 4.78 is 5.51. The van der Waals surface area contributed by atoms with Crippen LogP contribution in [0.1, 0.15) is 16.1 Å². The molecule has 0 fully saturated rings. The Morgan fingerprint density at radius 2 is 2.11 bits per heavy atom. The minimum absolute atomic E-state index is 0.0302. The van der Waals surface area contributed by atoms with E-state index in [0.29, 0.717) is 16.5 Å². The number of pyridine rings is 1. The van der Waals surface area contributed by atoms with Crippen LogP contribution in [0.5, 0.6) is 11.5 Å². The zero-order valence-corrected chi connectivity index (χ0v) is 10.3. The number of hydrogen-bond acceptors (Lipinski definition) is 3. The molecule has 0 bridgehead atoms. The maximum absolute atomic E-state index is 10.6. The Balaban J connectivity index is 2.21. The number of carboxylic acids is 1. The summed E-state index contributed by atoms with van der Waals surface area (Å²) in [6.07, 6.45) is 1.35. The van der Waals surface area contributed by atoms with Gasteiger partial charge in [-0.2, -0.15) is 0 Å². The van der Waals surface area contributed by atoms with Crippen LogP contribution in [-0.2, 0) is 0 Å². The Bertz CT molecular complexity index is 581. The van der Waals surface area contributed by atoms with Gasteiger partial charge in [0.2, 0.25) is 0 Å². The predicted octanol–water partition coefficient (Wildman–Crippen LogP) is 3.53. The number of benzene rings is 1. The lowest BCUT2D eigenvalue weighted by molar-refractivity contribution is 0.0690. The van der Waals surface area contributed by atoms with Gasteiger partial charge >= 0.3 is 5.97 Å². The van der Waals surface area contributed by atoms with Crippen LogP contribution in [0.15, 0.2) is 36.5 Å². The first kappa shape index (κ1) is 12.4. The Morgan fingerprint density at radius 1 is 1.33 bits per heavy atom. The van der Waals surface area contributed by atoms with E-state index in [2.05, 4.69) is 4.98 Å². The largest absolute Gasteiger partial charge is 0.477 e. The molecule has 0 radical (unpaired) electrons. The van der Waals surface area contributed by atoms with E-state index in [9.17, 15) is 4.79 Å². The van der Waals surface area contributed by atoms with Crippen molar-refractivity contribution in [2.24, 2.45) is 0 Å². The molecule has 2 aromatic rings. The number of carboxylic acid groups (broad SMARTS) is 1. The lowest BCUT2D eigenvalue weighted by Crippen LogP contribution is -1.99. The summed E-state index contributed by atoms with van der Waals surface area (Å²) in [7, 11) is 0. The molecule has 0 spiro atoms. The van der Waals surface area contributed by atoms with Crippen LogP contribution in [0.25, 0.3) is 0 Å². The molecule has 0 amide bonds. The molecule has 4 nitrogen and oxygen atoms in total. The molecule has 5 heteroatoms. The van der Waals surface area contributed by atoms with E-state index in [0.717, 1.165) is 5.56 Å². The predicted molar refractivity (Wildman–Crippen MR) is 67.5 cm³/mol. The van der Waals surface area contributed by atoms with Crippen molar-refractivity contribution in [2.45, 2.75) is 6.92 Å². The van der Waals surface area contributed by atoms with Gasteiger partial charge in [-0.3, -0.25) is 0 Å². The van der Waals surface area contributed by atoms with Crippen molar-refractivity contribution in [2.75, 3.05) is 0 Å². The van der Waals surface area contributed by atoms with Crippen LogP contribution in [0.4, 0.5) is 0 Å². The molecule has 1 aromatic carbocycles. The molecule has 0 saturated heterocycles. The highest BCUT2D eigenvalue weighted by Gasteiger charge is 2.06. The van der Waals surface area contributed by atoms with Crippen molar-refractivity contribution in [3.8, 4) is 11.5 Å². The van der Waals surface area contributed by atoms with Gasteiger partial charge in [0, 0.05) is 0 Å². The van der Waals surface area contributed by atoms with Crippen LogP contribution in [0.3, 0.4) is 0 Å². The molecular formula is C13H10ClNO3. The molecule has 2 rings (SSSR count). The molecule has 0 atom stereocenters. The smallest absolute Gasteiger partial charge is 0.354 e. The number of nitrogens with zero attached hydrogens (tertiary/aromatic N) is 1. The van der Waals surface area contributed by atoms with Crippen molar-refractivity contribution >= 4 is 17.6 Å². The Kier molecular flexibility index (Phi) is 3.48. The Labute approximate surface area is 109 Å². The average molecular weight is 264 g/mol. The highest BCUT2D eigenvalue weighted by Crippen LogP contribution is 2.29. The van der Waals surface area contributed by atoms with Crippen molar-refractivity contribution in [1.82, 2.24) is 4.98 Å². The Morgan fingerprint density at radius 3 is 2.67 bits per heavy atom. The third-order valence-corrected chi connectivity index (χ3v) is 2.57. The zero-order valence-electron chi connectivity index (χ0n) is 9.55. The first-order chi connectivity index (χ1) is 8.56. The molecule has 0 aliphatic carbocycles. The summed E-state index contributed by atoms with van der Waals surface area (Å²) in [5.74, 6) is -0.132. The average Bonchev–Trinajstić information content (AvgIpc) is 2.33. The van der Waals surface area contributed by atoms with Crippen LogP contribution in [-0.4, -0.2) is 16.1 Å². The van der Waals surface area contributed by atoms with Gasteiger partial charge in [-0.25, -0.2) is 9.78 Å². The SMILES string of the molecule is Cc1ccc(Oc2ccc(C(=O)O)nc2)c(Cl)c1. The number of aryl methyl sites for hydroxylation is 1. The summed E-state index contributed by atoms with van der Waals surface area (Å²) >= 11 is 6.02. The monoisotopic (exact) mass is 263 g/mol. The number of rotatable bonds is 3. The molecular weight excluding hydrogens is 254 g/mol.